The molecule has 0 amide bonds. The van der Waals surface area contributed by atoms with Gasteiger partial charge in [-0.1, -0.05) is 0 Å². The largest absolute Gasteiger partial charge is 0.574 e. The predicted octanol–water partition coefficient (Wildman–Crippen LogP) is 1.43. The number of nitrogens with zero attached hydrogens (tertiary/aromatic N) is 2. The molecule has 0 saturated carbocycles. The maximum atomic E-state index is 11.7. The average Bonchev–Trinajstić information content (AvgIpc) is 2.16. The van der Waals surface area contributed by atoms with Crippen LogP contribution in [0.4, 0.5) is 13.2 Å². The van der Waals surface area contributed by atoms with Crippen molar-refractivity contribution in [2.45, 2.75) is 13.3 Å². The number of ether oxygens (including phenoxy) is 1. The molecule has 1 aromatic heterocycles. The summed E-state index contributed by atoms with van der Waals surface area (Å²) in [7, 11) is 1.35. The molecule has 0 bridgehead atoms. The van der Waals surface area contributed by atoms with Gasteiger partial charge in [0.2, 0.25) is 5.88 Å². The number of aryl methyl sites for hydroxylation is 2. The first-order valence-electron chi connectivity index (χ1n) is 3.07. The Morgan fingerprint density at radius 1 is 1.50 bits per heavy atom. The van der Waals surface area contributed by atoms with Gasteiger partial charge in [-0.3, -0.25) is 0 Å². The minimum Gasteiger partial charge on any atom is -0.388 e. The normalized spacial score (nSPS) is 11.8. The van der Waals surface area contributed by atoms with Gasteiger partial charge in [0, 0.05) is 12.6 Å². The van der Waals surface area contributed by atoms with Crippen molar-refractivity contribution >= 4 is 0 Å². The van der Waals surface area contributed by atoms with Crippen LogP contribution in [0.1, 0.15) is 5.56 Å². The molecule has 0 aliphatic heterocycles. The molecule has 12 heavy (non-hydrogen) atoms. The van der Waals surface area contributed by atoms with E-state index in [0.29, 0.717) is 0 Å². The third-order valence-corrected chi connectivity index (χ3v) is 1.19. The molecular weight excluding hydrogens is 173 g/mol. The molecule has 0 saturated heterocycles. The van der Waals surface area contributed by atoms with Crippen LogP contribution in [0.3, 0.4) is 0 Å². The Morgan fingerprint density at radius 2 is 2.08 bits per heavy atom. The highest BCUT2D eigenvalue weighted by atomic mass is 19.4. The molecular formula is C6H6F3N2O. The molecule has 3 nitrogen and oxygen atoms in total. The van der Waals surface area contributed by atoms with Crippen LogP contribution in [-0.4, -0.2) is 16.1 Å². The smallest absolute Gasteiger partial charge is 0.388 e. The summed E-state index contributed by atoms with van der Waals surface area (Å²) in [5, 5.41) is 3.47. The maximum absolute atomic E-state index is 11.7. The van der Waals surface area contributed by atoms with Gasteiger partial charge < -0.3 is 4.74 Å². The first-order chi connectivity index (χ1) is 5.40. The lowest BCUT2D eigenvalue weighted by atomic mass is 10.4. The number of alkyl halides is 3. The average molecular weight is 179 g/mol. The molecule has 0 spiro atoms. The van der Waals surface area contributed by atoms with E-state index in [1.54, 1.807) is 0 Å². The van der Waals surface area contributed by atoms with Gasteiger partial charge in [-0.2, -0.15) is 5.10 Å². The Balaban J connectivity index is 2.88. The zero-order valence-electron chi connectivity index (χ0n) is 6.44. The SMILES string of the molecule is Cc1[c]nn(C)c1OC(F)(F)F. The fraction of sp³-hybridized carbons (Fsp3) is 0.500. The standard InChI is InChI=1S/C6H6F3N2O/c1-4-3-10-11(2)5(4)12-6(7,8)9/h1-2H3. The molecule has 6 heteroatoms. The lowest BCUT2D eigenvalue weighted by molar-refractivity contribution is -0.277. The molecule has 0 aliphatic carbocycles. The molecule has 1 aromatic rings. The van der Waals surface area contributed by atoms with E-state index in [-0.39, 0.29) is 11.4 Å². The first kappa shape index (κ1) is 8.89. The Morgan fingerprint density at radius 3 is 2.42 bits per heavy atom. The Kier molecular flexibility index (Phi) is 1.99. The number of halogens is 3. The second-order valence-corrected chi connectivity index (χ2v) is 2.21. The van der Waals surface area contributed by atoms with Gasteiger partial charge >= 0.3 is 6.36 Å². The van der Waals surface area contributed by atoms with E-state index < -0.39 is 6.36 Å². The van der Waals surface area contributed by atoms with E-state index in [2.05, 4.69) is 16.0 Å². The third-order valence-electron chi connectivity index (χ3n) is 1.19. The van der Waals surface area contributed by atoms with Crippen LogP contribution >= 0.6 is 0 Å². The van der Waals surface area contributed by atoms with Crippen LogP contribution in [0.5, 0.6) is 5.88 Å². The summed E-state index contributed by atoms with van der Waals surface area (Å²) in [6, 6.07) is 0. The molecule has 0 unspecified atom stereocenters. The van der Waals surface area contributed by atoms with Gasteiger partial charge in [-0.25, -0.2) is 4.68 Å². The molecule has 1 heterocycles. The van der Waals surface area contributed by atoms with Crippen molar-refractivity contribution in [3.05, 3.63) is 11.8 Å². The number of aromatic nitrogens is 2. The molecule has 0 fully saturated rings. The topological polar surface area (TPSA) is 27.1 Å². The molecule has 0 atom stereocenters. The summed E-state index contributed by atoms with van der Waals surface area (Å²) < 4.78 is 39.8. The number of hydrogen-bond donors (Lipinski definition) is 0. The first-order valence-corrected chi connectivity index (χ1v) is 3.07. The number of hydrogen-bond acceptors (Lipinski definition) is 2. The highest BCUT2D eigenvalue weighted by Crippen LogP contribution is 2.24. The fourth-order valence-electron chi connectivity index (χ4n) is 0.738. The van der Waals surface area contributed by atoms with Crippen molar-refractivity contribution < 1.29 is 17.9 Å². The quantitative estimate of drug-likeness (QED) is 0.652. The molecule has 0 aromatic carbocycles. The molecule has 0 aliphatic rings. The summed E-state index contributed by atoms with van der Waals surface area (Å²) in [6.45, 7) is 1.44. The van der Waals surface area contributed by atoms with Crippen molar-refractivity contribution in [2.24, 2.45) is 7.05 Å². The minimum absolute atomic E-state index is 0.231. The van der Waals surface area contributed by atoms with Gasteiger partial charge in [-0.05, 0) is 6.92 Å². The van der Waals surface area contributed by atoms with E-state index in [0.717, 1.165) is 4.68 Å². The van der Waals surface area contributed by atoms with Crippen molar-refractivity contribution in [2.75, 3.05) is 0 Å². The van der Waals surface area contributed by atoms with Crippen LogP contribution in [0.25, 0.3) is 0 Å². The molecule has 1 rings (SSSR count). The van der Waals surface area contributed by atoms with Crippen molar-refractivity contribution in [3.63, 3.8) is 0 Å². The second-order valence-electron chi connectivity index (χ2n) is 2.21. The zero-order chi connectivity index (χ0) is 9.35. The van der Waals surface area contributed by atoms with Gasteiger partial charge in [0.05, 0.1) is 0 Å². The highest BCUT2D eigenvalue weighted by molar-refractivity contribution is 5.20. The number of rotatable bonds is 1. The summed E-state index contributed by atoms with van der Waals surface area (Å²) in [5.41, 5.74) is 0.231. The van der Waals surface area contributed by atoms with E-state index in [9.17, 15) is 13.2 Å². The van der Waals surface area contributed by atoms with Crippen molar-refractivity contribution in [1.82, 2.24) is 9.78 Å². The fourth-order valence-corrected chi connectivity index (χ4v) is 0.738. The summed E-state index contributed by atoms with van der Waals surface area (Å²) in [6.07, 6.45) is -2.33. The van der Waals surface area contributed by atoms with Gasteiger partial charge in [0.15, 0.2) is 0 Å². The summed E-state index contributed by atoms with van der Waals surface area (Å²) in [4.78, 5) is 0. The van der Waals surface area contributed by atoms with Gasteiger partial charge in [0.1, 0.15) is 6.20 Å². The zero-order valence-corrected chi connectivity index (χ0v) is 6.44. The van der Waals surface area contributed by atoms with E-state index >= 15 is 0 Å². The summed E-state index contributed by atoms with van der Waals surface area (Å²) >= 11 is 0. The van der Waals surface area contributed by atoms with E-state index in [1.807, 2.05) is 0 Å². The van der Waals surface area contributed by atoms with E-state index in [4.69, 9.17) is 0 Å². The lowest BCUT2D eigenvalue weighted by Crippen LogP contribution is -2.19. The van der Waals surface area contributed by atoms with Gasteiger partial charge in [0.25, 0.3) is 0 Å². The second kappa shape index (κ2) is 2.69. The molecule has 1 radical (unpaired) electrons. The molecule has 67 valence electrons. The van der Waals surface area contributed by atoms with Crippen LogP contribution in [-0.2, 0) is 7.05 Å². The Bertz CT molecular complexity index is 259. The molecule has 0 N–H and O–H groups in total. The Labute approximate surface area is 66.7 Å². The van der Waals surface area contributed by atoms with Crippen LogP contribution < -0.4 is 4.74 Å². The van der Waals surface area contributed by atoms with Gasteiger partial charge in [-0.15, -0.1) is 13.2 Å². The lowest BCUT2D eigenvalue weighted by Gasteiger charge is -2.08. The monoisotopic (exact) mass is 179 g/mol. The highest BCUT2D eigenvalue weighted by Gasteiger charge is 2.33. The Hall–Kier alpha value is -1.20. The summed E-state index contributed by atoms with van der Waals surface area (Å²) in [5.74, 6) is -0.331. The van der Waals surface area contributed by atoms with Crippen molar-refractivity contribution in [3.8, 4) is 5.88 Å². The van der Waals surface area contributed by atoms with E-state index in [1.165, 1.54) is 14.0 Å². The predicted molar refractivity (Wildman–Crippen MR) is 33.5 cm³/mol. The maximum Gasteiger partial charge on any atom is 0.574 e. The van der Waals surface area contributed by atoms with Crippen LogP contribution in [0.2, 0.25) is 0 Å². The third kappa shape index (κ3) is 1.90. The van der Waals surface area contributed by atoms with Crippen molar-refractivity contribution in [1.29, 1.82) is 0 Å². The minimum atomic E-state index is -4.67. The van der Waals surface area contributed by atoms with Crippen LogP contribution in [0, 0.1) is 13.1 Å². The van der Waals surface area contributed by atoms with Crippen LogP contribution in [0.15, 0.2) is 0 Å².